The first-order valence-electron chi connectivity index (χ1n) is 17.7. The first kappa shape index (κ1) is 40.6. The van der Waals surface area contributed by atoms with E-state index in [1.807, 2.05) is 26.2 Å². The number of nitrogens with zero attached hydrogens (tertiary/aromatic N) is 1. The van der Waals surface area contributed by atoms with E-state index in [9.17, 15) is 33.6 Å². The average molecular weight is 748 g/mol. The van der Waals surface area contributed by atoms with Crippen LogP contribution in [0.15, 0.2) is 72.9 Å². The Balaban J connectivity index is 1.77. The van der Waals surface area contributed by atoms with E-state index in [4.69, 9.17) is 5.73 Å². The third kappa shape index (κ3) is 11.9. The molecule has 0 aliphatic carbocycles. The van der Waals surface area contributed by atoms with E-state index >= 15 is 0 Å². The molecule has 53 heavy (non-hydrogen) atoms. The molecule has 2 heterocycles. The number of nitrogens with two attached hydrogens (primary N) is 1. The van der Waals surface area contributed by atoms with Gasteiger partial charge in [-0.2, -0.15) is 11.8 Å². The number of hydrogen-bond acceptors (Lipinski definition) is 8. The zero-order valence-electron chi connectivity index (χ0n) is 30.2. The average Bonchev–Trinajstić information content (AvgIpc) is 3.48. The molecule has 6 atom stereocenters. The normalized spacial score (nSPS) is 24.4. The Kier molecular flexibility index (Phi) is 15.0. The zero-order valence-corrected chi connectivity index (χ0v) is 31.0. The van der Waals surface area contributed by atoms with Gasteiger partial charge in [0, 0.05) is 25.5 Å². The minimum Gasteiger partial charge on any atom is -0.370 e. The second kappa shape index (κ2) is 19.6. The molecule has 0 aromatic heterocycles. The molecular formula is C38H49N7O7S. The van der Waals surface area contributed by atoms with Crippen LogP contribution < -0.4 is 32.3 Å². The van der Waals surface area contributed by atoms with Crippen molar-refractivity contribution in [2.24, 2.45) is 11.7 Å². The highest BCUT2D eigenvalue weighted by atomic mass is 32.2. The Morgan fingerprint density at radius 1 is 0.698 bits per heavy atom. The van der Waals surface area contributed by atoms with Crippen molar-refractivity contribution in [2.75, 3.05) is 12.0 Å². The third-order valence-electron chi connectivity index (χ3n) is 8.98. The van der Waals surface area contributed by atoms with E-state index in [1.54, 1.807) is 54.6 Å². The van der Waals surface area contributed by atoms with Crippen LogP contribution in [0.25, 0.3) is 0 Å². The summed E-state index contributed by atoms with van der Waals surface area (Å²) in [6.07, 6.45) is 4.87. The van der Waals surface area contributed by atoms with Gasteiger partial charge in [0.25, 0.3) is 5.91 Å². The fourth-order valence-electron chi connectivity index (χ4n) is 6.17. The van der Waals surface area contributed by atoms with Crippen LogP contribution in [0, 0.1) is 5.92 Å². The maximum absolute atomic E-state index is 14.1. The molecule has 4 rings (SSSR count). The molecule has 284 valence electrons. The van der Waals surface area contributed by atoms with Crippen LogP contribution in [0.3, 0.4) is 0 Å². The molecule has 0 radical (unpaired) electrons. The van der Waals surface area contributed by atoms with Crippen molar-refractivity contribution in [1.82, 2.24) is 31.5 Å². The van der Waals surface area contributed by atoms with E-state index in [0.29, 0.717) is 11.3 Å². The van der Waals surface area contributed by atoms with Gasteiger partial charge in [-0.3, -0.25) is 33.6 Å². The second-order valence-electron chi connectivity index (χ2n) is 13.6. The van der Waals surface area contributed by atoms with Crippen molar-refractivity contribution in [3.05, 3.63) is 84.1 Å². The number of hydrogen-bond donors (Lipinski definition) is 6. The Bertz CT molecular complexity index is 1660. The van der Waals surface area contributed by atoms with Crippen LogP contribution in [-0.2, 0) is 46.4 Å². The summed E-state index contributed by atoms with van der Waals surface area (Å²) in [5.41, 5.74) is 6.86. The molecular weight excluding hydrogens is 699 g/mol. The van der Waals surface area contributed by atoms with E-state index in [1.165, 1.54) is 28.9 Å². The Labute approximate surface area is 313 Å². The van der Waals surface area contributed by atoms with Gasteiger partial charge in [0.1, 0.15) is 36.3 Å². The summed E-state index contributed by atoms with van der Waals surface area (Å²) in [5, 5.41) is 13.7. The molecule has 0 spiro atoms. The summed E-state index contributed by atoms with van der Waals surface area (Å²) in [6.45, 7) is 3.79. The van der Waals surface area contributed by atoms with Crippen LogP contribution in [0.2, 0.25) is 0 Å². The number of thioether (sulfide) groups is 1. The number of carbonyl (C=O) groups excluding carboxylic acids is 7. The summed E-state index contributed by atoms with van der Waals surface area (Å²) in [5.74, 6) is -4.15. The van der Waals surface area contributed by atoms with E-state index in [2.05, 4.69) is 26.6 Å². The van der Waals surface area contributed by atoms with Gasteiger partial charge in [0.2, 0.25) is 35.4 Å². The van der Waals surface area contributed by atoms with E-state index in [-0.39, 0.29) is 44.4 Å². The summed E-state index contributed by atoms with van der Waals surface area (Å²) in [4.78, 5) is 96.7. The fourth-order valence-corrected chi connectivity index (χ4v) is 6.64. The molecule has 1 fully saturated rings. The van der Waals surface area contributed by atoms with Crippen LogP contribution in [0.4, 0.5) is 0 Å². The predicted octanol–water partition coefficient (Wildman–Crippen LogP) is 0.699. The standard InChI is InChI=1S/C38H49N7O7S/c1-23(2)20-31-37(51)41-27(17-19-53-3)34(48)40-26(14-15-32(39)46)33(47)43-30(22-25-12-8-5-9-13-25)36(50)44-29(21-24-10-6-4-7-11-24)35(49)42-28-16-18-45(31)38(28)52/h4-13,16,18,23,26-31H,14-15,17,19-22H2,1-3H3,(H2,39,46)(H,40,48)(H,41,51)(H,42,49)(H,43,47)(H,44,50)/t26-,27-,28+,29-,30-,31-/m0/s1. The van der Waals surface area contributed by atoms with Crippen molar-refractivity contribution >= 4 is 53.1 Å². The molecule has 2 bridgehead atoms. The van der Waals surface area contributed by atoms with Gasteiger partial charge >= 0.3 is 0 Å². The SMILES string of the molecule is CSCC[C@@H]1NC(=O)[C@H](CC(C)C)N2C=C[C@@H](NC(=O)[C@H](Cc3ccccc3)NC(=O)[C@H](Cc3ccccc3)NC(=O)[C@H](CCC(N)=O)NC1=O)C2=O. The number of nitrogens with one attached hydrogen (secondary N) is 5. The molecule has 0 unspecified atom stereocenters. The Morgan fingerprint density at radius 2 is 1.17 bits per heavy atom. The lowest BCUT2D eigenvalue weighted by Crippen LogP contribution is -2.61. The lowest BCUT2D eigenvalue weighted by molar-refractivity contribution is -0.140. The van der Waals surface area contributed by atoms with Crippen LogP contribution >= 0.6 is 11.8 Å². The number of carbonyl (C=O) groups is 7. The van der Waals surface area contributed by atoms with Crippen molar-refractivity contribution in [3.63, 3.8) is 0 Å². The molecule has 2 aliphatic heterocycles. The van der Waals surface area contributed by atoms with Crippen LogP contribution in [0.1, 0.15) is 50.7 Å². The number of amides is 7. The first-order chi connectivity index (χ1) is 25.4. The van der Waals surface area contributed by atoms with Gasteiger partial charge in [-0.05, 0) is 54.4 Å². The molecule has 2 aliphatic rings. The van der Waals surface area contributed by atoms with Gasteiger partial charge < -0.3 is 37.2 Å². The van der Waals surface area contributed by atoms with Crippen LogP contribution in [-0.4, -0.2) is 94.5 Å². The quantitative estimate of drug-likeness (QED) is 0.182. The molecule has 2 aromatic carbocycles. The summed E-state index contributed by atoms with van der Waals surface area (Å²) in [7, 11) is 0. The maximum Gasteiger partial charge on any atom is 0.253 e. The highest BCUT2D eigenvalue weighted by Crippen LogP contribution is 2.20. The predicted molar refractivity (Wildman–Crippen MR) is 201 cm³/mol. The molecule has 15 heteroatoms. The first-order valence-corrected chi connectivity index (χ1v) is 19.1. The Morgan fingerprint density at radius 3 is 1.68 bits per heavy atom. The summed E-state index contributed by atoms with van der Waals surface area (Å²) < 4.78 is 0. The summed E-state index contributed by atoms with van der Waals surface area (Å²) >= 11 is 1.45. The van der Waals surface area contributed by atoms with Gasteiger partial charge in [-0.25, -0.2) is 0 Å². The minimum absolute atomic E-state index is 0.0248. The highest BCUT2D eigenvalue weighted by Gasteiger charge is 2.40. The molecule has 2 aromatic rings. The van der Waals surface area contributed by atoms with Crippen molar-refractivity contribution in [1.29, 1.82) is 0 Å². The van der Waals surface area contributed by atoms with Gasteiger partial charge in [0.15, 0.2) is 0 Å². The van der Waals surface area contributed by atoms with Crippen molar-refractivity contribution in [3.8, 4) is 0 Å². The molecule has 7 N–H and O–H groups in total. The van der Waals surface area contributed by atoms with E-state index < -0.39 is 77.6 Å². The maximum atomic E-state index is 14.1. The smallest absolute Gasteiger partial charge is 0.253 e. The zero-order chi connectivity index (χ0) is 38.5. The van der Waals surface area contributed by atoms with Crippen molar-refractivity contribution < 1.29 is 33.6 Å². The van der Waals surface area contributed by atoms with Gasteiger partial charge in [-0.1, -0.05) is 74.5 Å². The second-order valence-corrected chi connectivity index (χ2v) is 14.6. The lowest BCUT2D eigenvalue weighted by Gasteiger charge is -2.31. The van der Waals surface area contributed by atoms with E-state index in [0.717, 1.165) is 5.56 Å². The topological polar surface area (TPSA) is 209 Å². The fraction of sp³-hybridized carbons (Fsp3) is 0.447. The largest absolute Gasteiger partial charge is 0.370 e. The lowest BCUT2D eigenvalue weighted by atomic mass is 10.0. The monoisotopic (exact) mass is 747 g/mol. The van der Waals surface area contributed by atoms with Crippen molar-refractivity contribution in [2.45, 2.75) is 88.6 Å². The summed E-state index contributed by atoms with van der Waals surface area (Å²) in [6, 6.07) is 11.0. The third-order valence-corrected chi connectivity index (χ3v) is 9.62. The number of benzene rings is 2. The number of fused-ring (bicyclic) bond motifs is 2. The molecule has 14 nitrogen and oxygen atoms in total. The Hall–Kier alpha value is -5.18. The highest BCUT2D eigenvalue weighted by molar-refractivity contribution is 7.98. The minimum atomic E-state index is -1.31. The van der Waals surface area contributed by atoms with Gasteiger partial charge in [-0.15, -0.1) is 0 Å². The number of rotatable bonds is 12. The number of primary amides is 1. The molecule has 7 amide bonds. The molecule has 0 saturated carbocycles. The van der Waals surface area contributed by atoms with Gasteiger partial charge in [0.05, 0.1) is 0 Å². The van der Waals surface area contributed by atoms with Crippen LogP contribution in [0.5, 0.6) is 0 Å². The molecule has 1 saturated heterocycles.